The predicted octanol–water partition coefficient (Wildman–Crippen LogP) is 1.88. The Hall–Kier alpha value is -2.44. The number of hydrogen-bond acceptors (Lipinski definition) is 4. The van der Waals surface area contributed by atoms with Gasteiger partial charge in [-0.3, -0.25) is 14.4 Å². The van der Waals surface area contributed by atoms with E-state index in [-0.39, 0.29) is 28.7 Å². The molecule has 1 unspecified atom stereocenters. The third-order valence-corrected chi connectivity index (χ3v) is 7.58. The first kappa shape index (κ1) is 19.5. The fourth-order valence-corrected chi connectivity index (χ4v) is 5.57. The van der Waals surface area contributed by atoms with Crippen LogP contribution in [0.1, 0.15) is 67.9 Å². The van der Waals surface area contributed by atoms with Gasteiger partial charge in [-0.15, -0.1) is 6.58 Å². The molecular weight excluding hydrogens is 380 g/mol. The van der Waals surface area contributed by atoms with Crippen LogP contribution in [0.15, 0.2) is 17.4 Å². The van der Waals surface area contributed by atoms with E-state index in [4.69, 9.17) is 4.98 Å². The largest absolute Gasteiger partial charge is 0.342 e. The van der Waals surface area contributed by atoms with Gasteiger partial charge in [-0.25, -0.2) is 4.98 Å². The van der Waals surface area contributed by atoms with Gasteiger partial charge in [-0.2, -0.15) is 0 Å². The Bertz CT molecular complexity index is 940. The van der Waals surface area contributed by atoms with E-state index in [2.05, 4.69) is 11.6 Å². The van der Waals surface area contributed by atoms with Gasteiger partial charge in [-0.05, 0) is 44.9 Å². The van der Waals surface area contributed by atoms with E-state index in [1.165, 1.54) is 0 Å². The molecule has 7 heteroatoms. The lowest BCUT2D eigenvalue weighted by molar-refractivity contribution is -0.143. The minimum absolute atomic E-state index is 0.0477. The molecule has 2 saturated heterocycles. The molecule has 1 aromatic rings. The maximum Gasteiger partial charge on any atom is 0.254 e. The maximum absolute atomic E-state index is 13.2. The maximum atomic E-state index is 13.2. The molecule has 5 rings (SSSR count). The van der Waals surface area contributed by atoms with Crippen LogP contribution >= 0.6 is 0 Å². The number of aromatic nitrogens is 2. The minimum atomic E-state index is -0.116. The Morgan fingerprint density at radius 1 is 1.17 bits per heavy atom. The summed E-state index contributed by atoms with van der Waals surface area (Å²) in [5.41, 5.74) is 1.87. The van der Waals surface area contributed by atoms with Crippen LogP contribution < -0.4 is 5.56 Å². The summed E-state index contributed by atoms with van der Waals surface area (Å²) >= 11 is 0. The molecule has 0 radical (unpaired) electrons. The van der Waals surface area contributed by atoms with Gasteiger partial charge in [0, 0.05) is 49.5 Å². The van der Waals surface area contributed by atoms with Crippen LogP contribution in [0.4, 0.5) is 0 Å². The van der Waals surface area contributed by atoms with Crippen LogP contribution in [0.3, 0.4) is 0 Å². The number of nitrogens with one attached hydrogen (secondary N) is 1. The number of rotatable bonds is 4. The molecule has 1 aromatic heterocycles. The highest BCUT2D eigenvalue weighted by atomic mass is 16.2. The summed E-state index contributed by atoms with van der Waals surface area (Å²) in [6.07, 6.45) is 8.51. The molecule has 0 aromatic carbocycles. The summed E-state index contributed by atoms with van der Waals surface area (Å²) in [6.45, 7) is 6.13. The fourth-order valence-electron chi connectivity index (χ4n) is 5.57. The zero-order valence-corrected chi connectivity index (χ0v) is 17.5. The van der Waals surface area contributed by atoms with E-state index < -0.39 is 0 Å². The van der Waals surface area contributed by atoms with Gasteiger partial charge in [0.15, 0.2) is 0 Å². The van der Waals surface area contributed by atoms with Crippen molar-refractivity contribution in [3.05, 3.63) is 40.1 Å². The highest BCUT2D eigenvalue weighted by molar-refractivity contribution is 5.84. The zero-order chi connectivity index (χ0) is 20.9. The molecule has 3 heterocycles. The van der Waals surface area contributed by atoms with Gasteiger partial charge >= 0.3 is 0 Å². The van der Waals surface area contributed by atoms with E-state index in [9.17, 15) is 14.4 Å². The van der Waals surface area contributed by atoms with Crippen LogP contribution in [0.25, 0.3) is 0 Å². The fraction of sp³-hybridized carbons (Fsp3) is 0.652. The Morgan fingerprint density at radius 3 is 2.63 bits per heavy atom. The molecule has 7 nitrogen and oxygen atoms in total. The molecule has 4 aliphatic rings. The number of hydrogen-bond donors (Lipinski definition) is 1. The summed E-state index contributed by atoms with van der Waals surface area (Å²) < 4.78 is 0. The molecule has 2 aliphatic heterocycles. The SMILES string of the molecule is C=CCN1CC(C(=O)N2CCC3(CCc4c3nc(C3CC3)[nH]c4=O)CC2)CCC1=O. The van der Waals surface area contributed by atoms with Crippen molar-refractivity contribution in [2.45, 2.75) is 62.7 Å². The van der Waals surface area contributed by atoms with Crippen molar-refractivity contribution in [2.24, 2.45) is 5.92 Å². The zero-order valence-electron chi connectivity index (χ0n) is 17.5. The molecule has 1 spiro atoms. The van der Waals surface area contributed by atoms with E-state index in [0.717, 1.165) is 55.6 Å². The van der Waals surface area contributed by atoms with E-state index in [0.29, 0.717) is 44.9 Å². The third kappa shape index (κ3) is 3.28. The molecule has 2 amide bonds. The van der Waals surface area contributed by atoms with Gasteiger partial charge in [0.25, 0.3) is 5.56 Å². The van der Waals surface area contributed by atoms with Crippen molar-refractivity contribution in [1.82, 2.24) is 19.8 Å². The number of carbonyl (C=O) groups is 2. The number of likely N-dealkylation sites (tertiary alicyclic amines) is 2. The van der Waals surface area contributed by atoms with Gasteiger partial charge < -0.3 is 14.8 Å². The number of amides is 2. The number of piperidine rings is 2. The second kappa shape index (κ2) is 7.36. The normalized spacial score (nSPS) is 25.5. The summed E-state index contributed by atoms with van der Waals surface area (Å²) in [5, 5.41) is 0. The topological polar surface area (TPSA) is 86.4 Å². The standard InChI is InChI=1S/C23H30N4O3/c1-2-11-27-14-16(5-6-18(27)28)22(30)26-12-9-23(10-13-26)8-7-17-19(23)24-20(15-3-4-15)25-21(17)29/h2,15-16H,1,3-14H2,(H,24,25,29). The first-order chi connectivity index (χ1) is 14.5. The highest BCUT2D eigenvalue weighted by Gasteiger charge is 2.46. The molecule has 2 aliphatic carbocycles. The number of nitrogens with zero attached hydrogens (tertiary/aromatic N) is 3. The van der Waals surface area contributed by atoms with Gasteiger partial charge in [0.05, 0.1) is 11.6 Å². The van der Waals surface area contributed by atoms with Crippen molar-refractivity contribution in [2.75, 3.05) is 26.2 Å². The summed E-state index contributed by atoms with van der Waals surface area (Å²) in [7, 11) is 0. The second-order valence-corrected chi connectivity index (χ2v) is 9.48. The van der Waals surface area contributed by atoms with Crippen LogP contribution in [0.2, 0.25) is 0 Å². The average molecular weight is 411 g/mol. The van der Waals surface area contributed by atoms with Crippen molar-refractivity contribution in [3.8, 4) is 0 Å². The van der Waals surface area contributed by atoms with Gasteiger partial charge in [-0.1, -0.05) is 6.08 Å². The van der Waals surface area contributed by atoms with E-state index >= 15 is 0 Å². The molecule has 1 saturated carbocycles. The molecule has 160 valence electrons. The summed E-state index contributed by atoms with van der Waals surface area (Å²) in [6, 6.07) is 0. The average Bonchev–Trinajstić information content (AvgIpc) is 3.54. The lowest BCUT2D eigenvalue weighted by Crippen LogP contribution is -2.50. The van der Waals surface area contributed by atoms with Gasteiger partial charge in [0.1, 0.15) is 5.82 Å². The third-order valence-electron chi connectivity index (χ3n) is 7.58. The van der Waals surface area contributed by atoms with Crippen LogP contribution in [-0.4, -0.2) is 57.8 Å². The lowest BCUT2D eigenvalue weighted by atomic mass is 9.76. The number of carbonyl (C=O) groups excluding carboxylic acids is 2. The second-order valence-electron chi connectivity index (χ2n) is 9.48. The van der Waals surface area contributed by atoms with Crippen LogP contribution in [0.5, 0.6) is 0 Å². The Labute approximate surface area is 176 Å². The molecule has 30 heavy (non-hydrogen) atoms. The van der Waals surface area contributed by atoms with E-state index in [1.54, 1.807) is 11.0 Å². The molecule has 3 fully saturated rings. The van der Waals surface area contributed by atoms with Crippen molar-refractivity contribution >= 4 is 11.8 Å². The van der Waals surface area contributed by atoms with Crippen molar-refractivity contribution in [1.29, 1.82) is 0 Å². The van der Waals surface area contributed by atoms with E-state index in [1.807, 2.05) is 4.90 Å². The quantitative estimate of drug-likeness (QED) is 0.768. The first-order valence-corrected chi connectivity index (χ1v) is 11.3. The molecular formula is C23H30N4O3. The Balaban J connectivity index is 1.28. The number of H-pyrrole nitrogens is 1. The molecule has 1 N–H and O–H groups in total. The summed E-state index contributed by atoms with van der Waals surface area (Å²) in [5.74, 6) is 1.46. The predicted molar refractivity (Wildman–Crippen MR) is 112 cm³/mol. The van der Waals surface area contributed by atoms with Crippen LogP contribution in [0, 0.1) is 5.92 Å². The number of fused-ring (bicyclic) bond motifs is 2. The number of aromatic amines is 1. The first-order valence-electron chi connectivity index (χ1n) is 11.3. The Morgan fingerprint density at radius 2 is 1.93 bits per heavy atom. The molecule has 0 bridgehead atoms. The summed E-state index contributed by atoms with van der Waals surface area (Å²) in [4.78, 5) is 49.4. The molecule has 1 atom stereocenters. The minimum Gasteiger partial charge on any atom is -0.342 e. The monoisotopic (exact) mass is 410 g/mol. The lowest BCUT2D eigenvalue weighted by Gasteiger charge is -2.41. The van der Waals surface area contributed by atoms with Crippen molar-refractivity contribution in [3.63, 3.8) is 0 Å². The smallest absolute Gasteiger partial charge is 0.254 e. The van der Waals surface area contributed by atoms with Crippen LogP contribution in [-0.2, 0) is 21.4 Å². The Kier molecular flexibility index (Phi) is 4.79. The van der Waals surface area contributed by atoms with Gasteiger partial charge in [0.2, 0.25) is 11.8 Å². The van der Waals surface area contributed by atoms with Crippen molar-refractivity contribution < 1.29 is 9.59 Å². The highest BCUT2D eigenvalue weighted by Crippen LogP contribution is 2.46.